The predicted octanol–water partition coefficient (Wildman–Crippen LogP) is 5.03. The topological polar surface area (TPSA) is 26.3 Å². The van der Waals surface area contributed by atoms with E-state index in [1.165, 1.54) is 0 Å². The lowest BCUT2D eigenvalue weighted by atomic mass is 10.3. The smallest absolute Gasteiger partial charge is 0.305 e. The molecule has 0 aromatic heterocycles. The van der Waals surface area contributed by atoms with Gasteiger partial charge in [-0.2, -0.15) is 0 Å². The Hall–Kier alpha value is 0.338. The largest absolute Gasteiger partial charge is 0.466 e. The Morgan fingerprint density at radius 1 is 0.857 bits per heavy atom. The summed E-state index contributed by atoms with van der Waals surface area (Å²) >= 11 is 0. The molecule has 0 amide bonds. The van der Waals surface area contributed by atoms with Gasteiger partial charge in [0.2, 0.25) is 0 Å². The van der Waals surface area contributed by atoms with Crippen molar-refractivity contribution < 1.29 is 9.53 Å². The summed E-state index contributed by atoms with van der Waals surface area (Å²) in [5, 5.41) is 0. The molecule has 1 unspecified atom stereocenters. The fraction of sp³-hybridized carbons (Fsp3) is 0.933. The van der Waals surface area contributed by atoms with Gasteiger partial charge in [0.15, 0.2) is 0 Å². The third kappa shape index (κ3) is 4.20. The normalized spacial score (nSPS) is 15.8. The van der Waals surface area contributed by atoms with Crippen LogP contribution in [-0.4, -0.2) is 42.0 Å². The second-order valence-corrected chi connectivity index (χ2v) is 50.7. The Morgan fingerprint density at radius 2 is 1.19 bits per heavy atom. The average Bonchev–Trinajstić information content (AvgIpc) is 2.09. The third-order valence-corrected chi connectivity index (χ3v) is 80.1. The molecule has 0 rings (SSSR count). The molecule has 6 heteroatoms. The van der Waals surface area contributed by atoms with Crippen molar-refractivity contribution in [3.05, 3.63) is 0 Å². The predicted molar refractivity (Wildman–Crippen MR) is 106 cm³/mol. The number of hydrogen-bond acceptors (Lipinski definition) is 2. The maximum absolute atomic E-state index is 12.1. The van der Waals surface area contributed by atoms with Gasteiger partial charge >= 0.3 is 5.97 Å². The SMILES string of the molecule is CCOC(=O)CC(C)[Si]([Si](C)(C)C)([Si](C)(C)C)[Si](C)(C)C. The molecule has 0 heterocycles. The summed E-state index contributed by atoms with van der Waals surface area (Å²) in [5.41, 5.74) is 0.571. The Bertz CT molecular complexity index is 325. The first-order chi connectivity index (χ1) is 9.13. The highest BCUT2D eigenvalue weighted by Gasteiger charge is 2.63. The molecule has 0 spiro atoms. The minimum absolute atomic E-state index is 0.0247. The molecular weight excluding hydrogens is 325 g/mol. The summed E-state index contributed by atoms with van der Waals surface area (Å²) in [5.74, 6) is 0.0247. The lowest BCUT2D eigenvalue weighted by Gasteiger charge is -2.60. The molecule has 0 radical (unpaired) electrons. The molecule has 0 N–H and O–H groups in total. The van der Waals surface area contributed by atoms with Crippen LogP contribution < -0.4 is 0 Å². The molecular formula is C15H38O2Si4. The molecule has 1 atom stereocenters. The van der Waals surface area contributed by atoms with E-state index in [0.29, 0.717) is 18.6 Å². The highest BCUT2D eigenvalue weighted by molar-refractivity contribution is 7.89. The highest BCUT2D eigenvalue weighted by Crippen LogP contribution is 2.46. The van der Waals surface area contributed by atoms with E-state index in [1.54, 1.807) is 0 Å². The van der Waals surface area contributed by atoms with E-state index in [1.807, 2.05) is 6.92 Å². The summed E-state index contributed by atoms with van der Waals surface area (Å²) in [6.07, 6.45) is 0.652. The maximum atomic E-state index is 12.1. The van der Waals surface area contributed by atoms with Crippen LogP contribution in [0.3, 0.4) is 0 Å². The molecule has 21 heavy (non-hydrogen) atoms. The number of rotatable bonds is 7. The standard InChI is InChI=1S/C15H38O2Si4/c1-12-17-15(16)13-14(2)21(18(3,4)5,19(6,7)8)20(9,10)11/h14H,12-13H2,1-11H3. The van der Waals surface area contributed by atoms with E-state index < -0.39 is 29.4 Å². The molecule has 0 aromatic carbocycles. The molecule has 0 bridgehead atoms. The fourth-order valence-electron chi connectivity index (χ4n) is 6.22. The van der Waals surface area contributed by atoms with Crippen LogP contribution >= 0.6 is 0 Å². The van der Waals surface area contributed by atoms with Crippen LogP contribution in [0.1, 0.15) is 20.3 Å². The molecule has 0 saturated carbocycles. The molecule has 0 fully saturated rings. The van der Waals surface area contributed by atoms with Gasteiger partial charge in [0.05, 0.1) is 6.61 Å². The van der Waals surface area contributed by atoms with Crippen LogP contribution in [0.2, 0.25) is 64.5 Å². The van der Waals surface area contributed by atoms with Crippen molar-refractivity contribution in [2.45, 2.75) is 84.7 Å². The van der Waals surface area contributed by atoms with Gasteiger partial charge in [-0.05, 0) is 12.5 Å². The summed E-state index contributed by atoms with van der Waals surface area (Å²) in [6, 6.07) is 0. The minimum atomic E-state index is -1.48. The van der Waals surface area contributed by atoms with E-state index in [9.17, 15) is 4.79 Å². The van der Waals surface area contributed by atoms with Crippen molar-refractivity contribution in [3.8, 4) is 0 Å². The number of ether oxygens (including phenoxy) is 1. The fourth-order valence-corrected chi connectivity index (χ4v) is 113. The van der Waals surface area contributed by atoms with Gasteiger partial charge in [-0.15, -0.1) is 0 Å². The molecule has 0 aromatic rings. The van der Waals surface area contributed by atoms with Crippen LogP contribution in [0.25, 0.3) is 0 Å². The van der Waals surface area contributed by atoms with E-state index in [0.717, 1.165) is 0 Å². The Morgan fingerprint density at radius 3 is 1.43 bits per heavy atom. The van der Waals surface area contributed by atoms with Crippen LogP contribution in [0.4, 0.5) is 0 Å². The van der Waals surface area contributed by atoms with Gasteiger partial charge in [0.25, 0.3) is 0 Å². The first-order valence-electron chi connectivity index (χ1n) is 8.28. The summed E-state index contributed by atoms with van der Waals surface area (Å²) in [7, 11) is -3.92. The van der Waals surface area contributed by atoms with Gasteiger partial charge in [0.1, 0.15) is 0 Å². The molecule has 126 valence electrons. The van der Waals surface area contributed by atoms with Crippen LogP contribution in [-0.2, 0) is 9.53 Å². The van der Waals surface area contributed by atoms with Gasteiger partial charge in [0, 0.05) is 35.8 Å². The molecule has 0 aliphatic heterocycles. The molecule has 0 aliphatic rings. The summed E-state index contributed by atoms with van der Waals surface area (Å²) in [4.78, 5) is 12.1. The van der Waals surface area contributed by atoms with Crippen molar-refractivity contribution in [3.63, 3.8) is 0 Å². The van der Waals surface area contributed by atoms with Crippen molar-refractivity contribution >= 4 is 35.4 Å². The minimum Gasteiger partial charge on any atom is -0.466 e. The summed E-state index contributed by atoms with van der Waals surface area (Å²) in [6.45, 7) is 26.5. The lowest BCUT2D eigenvalue weighted by Crippen LogP contribution is -2.84. The zero-order chi connectivity index (χ0) is 17.3. The Labute approximate surface area is 136 Å². The number of esters is 1. The van der Waals surface area contributed by atoms with Crippen molar-refractivity contribution in [1.82, 2.24) is 0 Å². The van der Waals surface area contributed by atoms with E-state index >= 15 is 0 Å². The van der Waals surface area contributed by atoms with Gasteiger partial charge < -0.3 is 4.74 Å². The molecule has 0 aliphatic carbocycles. The first-order valence-corrected chi connectivity index (χ1v) is 23.9. The van der Waals surface area contributed by atoms with Crippen molar-refractivity contribution in [1.29, 1.82) is 0 Å². The Balaban J connectivity index is 5.99. The monoisotopic (exact) mass is 362 g/mol. The molecule has 2 nitrogen and oxygen atoms in total. The zero-order valence-electron chi connectivity index (χ0n) is 16.3. The first kappa shape index (κ1) is 21.3. The van der Waals surface area contributed by atoms with E-state index in [-0.39, 0.29) is 5.97 Å². The van der Waals surface area contributed by atoms with Gasteiger partial charge in [-0.3, -0.25) is 4.79 Å². The summed E-state index contributed by atoms with van der Waals surface area (Å²) < 4.78 is 5.28. The van der Waals surface area contributed by atoms with Crippen LogP contribution in [0.15, 0.2) is 0 Å². The number of carbonyl (C=O) groups is 1. The highest BCUT2D eigenvalue weighted by atomic mass is 29.9. The quantitative estimate of drug-likeness (QED) is 0.469. The maximum Gasteiger partial charge on any atom is 0.305 e. The second kappa shape index (κ2) is 6.84. The van der Waals surface area contributed by atoms with Crippen molar-refractivity contribution in [2.75, 3.05) is 6.61 Å². The van der Waals surface area contributed by atoms with Crippen LogP contribution in [0.5, 0.6) is 0 Å². The van der Waals surface area contributed by atoms with Crippen molar-refractivity contribution in [2.24, 2.45) is 0 Å². The number of hydrogen-bond donors (Lipinski definition) is 0. The van der Waals surface area contributed by atoms with E-state index in [2.05, 4.69) is 65.8 Å². The van der Waals surface area contributed by atoms with Gasteiger partial charge in [-0.25, -0.2) is 0 Å². The van der Waals surface area contributed by atoms with Crippen LogP contribution in [0, 0.1) is 0 Å². The molecule has 0 saturated heterocycles. The second-order valence-electron chi connectivity index (χ2n) is 9.47. The third-order valence-electron chi connectivity index (χ3n) is 5.07. The van der Waals surface area contributed by atoms with Gasteiger partial charge in [-0.1, -0.05) is 65.8 Å². The lowest BCUT2D eigenvalue weighted by molar-refractivity contribution is -0.143. The number of carbonyl (C=O) groups excluding carboxylic acids is 1. The van der Waals surface area contributed by atoms with E-state index in [4.69, 9.17) is 4.74 Å². The average molecular weight is 363 g/mol. The Kier molecular flexibility index (Phi) is 6.95. The zero-order valence-corrected chi connectivity index (χ0v) is 20.3.